The zero-order valence-corrected chi connectivity index (χ0v) is 17.4. The summed E-state index contributed by atoms with van der Waals surface area (Å²) in [4.78, 5) is 36.1. The molecule has 0 saturated heterocycles. The van der Waals surface area contributed by atoms with E-state index >= 15 is 0 Å². The number of carbonyl (C=O) groups is 3. The van der Waals surface area contributed by atoms with Gasteiger partial charge in [0.05, 0.1) is 5.75 Å². The number of anilines is 2. The van der Waals surface area contributed by atoms with Crippen LogP contribution in [0, 0.1) is 0 Å². The van der Waals surface area contributed by atoms with Crippen molar-refractivity contribution in [3.05, 3.63) is 96.1 Å². The number of hydrogen-bond donors (Lipinski definition) is 3. The molecule has 3 aromatic carbocycles. The second-order valence-corrected chi connectivity index (χ2v) is 7.58. The Morgan fingerprint density at radius 1 is 0.806 bits per heavy atom. The van der Waals surface area contributed by atoms with Crippen LogP contribution in [0.1, 0.15) is 15.9 Å². The molecule has 0 spiro atoms. The van der Waals surface area contributed by atoms with Crippen molar-refractivity contribution in [2.75, 3.05) is 16.4 Å². The number of hydrogen-bond acceptors (Lipinski definition) is 4. The first-order chi connectivity index (χ1) is 15.0. The van der Waals surface area contributed by atoms with Crippen molar-refractivity contribution in [2.45, 2.75) is 4.90 Å². The molecule has 0 atom stereocenters. The molecule has 156 valence electrons. The summed E-state index contributed by atoms with van der Waals surface area (Å²) in [6.45, 7) is 0. The number of nitrogens with one attached hydrogen (secondary N) is 2. The second-order valence-electron chi connectivity index (χ2n) is 6.54. The van der Waals surface area contributed by atoms with E-state index in [4.69, 9.17) is 5.73 Å². The molecule has 3 amide bonds. The molecule has 0 aliphatic heterocycles. The Hall–Kier alpha value is -3.84. The van der Waals surface area contributed by atoms with Crippen LogP contribution in [0.5, 0.6) is 0 Å². The highest BCUT2D eigenvalue weighted by Crippen LogP contribution is 2.21. The first-order valence-corrected chi connectivity index (χ1v) is 10.4. The third-order valence-electron chi connectivity index (χ3n) is 4.17. The van der Waals surface area contributed by atoms with Gasteiger partial charge in [0.15, 0.2) is 0 Å². The van der Waals surface area contributed by atoms with Crippen molar-refractivity contribution < 1.29 is 14.4 Å². The molecule has 31 heavy (non-hydrogen) atoms. The molecule has 0 unspecified atom stereocenters. The Morgan fingerprint density at radius 3 is 2.06 bits per heavy atom. The van der Waals surface area contributed by atoms with Crippen molar-refractivity contribution in [3.63, 3.8) is 0 Å². The lowest BCUT2D eigenvalue weighted by Gasteiger charge is -2.07. The maximum absolute atomic E-state index is 12.1. The van der Waals surface area contributed by atoms with Crippen molar-refractivity contribution >= 4 is 46.9 Å². The summed E-state index contributed by atoms with van der Waals surface area (Å²) in [5.74, 6) is -0.671. The Morgan fingerprint density at radius 2 is 1.42 bits per heavy atom. The van der Waals surface area contributed by atoms with Gasteiger partial charge >= 0.3 is 0 Å². The van der Waals surface area contributed by atoms with Gasteiger partial charge in [-0.15, -0.1) is 11.8 Å². The quantitative estimate of drug-likeness (QED) is 0.368. The fourth-order valence-corrected chi connectivity index (χ4v) is 3.32. The summed E-state index contributed by atoms with van der Waals surface area (Å²) in [5.41, 5.74) is 7.80. The lowest BCUT2D eigenvalue weighted by molar-refractivity contribution is -0.114. The molecule has 0 radical (unpaired) electrons. The van der Waals surface area contributed by atoms with Crippen LogP contribution in [0.2, 0.25) is 0 Å². The van der Waals surface area contributed by atoms with E-state index in [2.05, 4.69) is 10.6 Å². The van der Waals surface area contributed by atoms with Gasteiger partial charge < -0.3 is 16.4 Å². The molecule has 7 heteroatoms. The fraction of sp³-hybridized carbons (Fsp3) is 0.0417. The van der Waals surface area contributed by atoms with E-state index in [0.29, 0.717) is 16.9 Å². The van der Waals surface area contributed by atoms with E-state index in [1.165, 1.54) is 17.8 Å². The van der Waals surface area contributed by atoms with Gasteiger partial charge in [0.2, 0.25) is 17.7 Å². The van der Waals surface area contributed by atoms with Gasteiger partial charge in [-0.25, -0.2) is 0 Å². The standard InChI is InChI=1S/C24H21N3O3S/c25-24(30)18-7-9-19(10-8-18)27-23(29)16-31-21-13-11-20(12-14-21)26-22(28)15-6-17-4-2-1-3-5-17/h1-15H,16H2,(H2,25,30)(H,26,28)(H,27,29)/b15-6+. The third-order valence-corrected chi connectivity index (χ3v) is 5.18. The van der Waals surface area contributed by atoms with E-state index in [9.17, 15) is 14.4 Å². The van der Waals surface area contributed by atoms with Crippen molar-refractivity contribution in [3.8, 4) is 0 Å². The first-order valence-electron chi connectivity index (χ1n) is 9.46. The highest BCUT2D eigenvalue weighted by Gasteiger charge is 2.06. The van der Waals surface area contributed by atoms with Crippen LogP contribution in [-0.2, 0) is 9.59 Å². The third kappa shape index (κ3) is 7.17. The Labute approximate surface area is 184 Å². The molecule has 0 aliphatic rings. The SMILES string of the molecule is NC(=O)c1ccc(NC(=O)CSc2ccc(NC(=O)/C=C/c3ccccc3)cc2)cc1. The predicted molar refractivity (Wildman–Crippen MR) is 125 cm³/mol. The molecular formula is C24H21N3O3S. The molecule has 4 N–H and O–H groups in total. The van der Waals surface area contributed by atoms with Crippen LogP contribution in [0.3, 0.4) is 0 Å². The zero-order chi connectivity index (χ0) is 22.1. The van der Waals surface area contributed by atoms with E-state index in [1.807, 2.05) is 42.5 Å². The van der Waals surface area contributed by atoms with Crippen LogP contribution >= 0.6 is 11.8 Å². The highest BCUT2D eigenvalue weighted by atomic mass is 32.2. The van der Waals surface area contributed by atoms with Crippen molar-refractivity contribution in [1.29, 1.82) is 0 Å². The Bertz CT molecular complexity index is 1080. The van der Waals surface area contributed by atoms with Gasteiger partial charge in [-0.05, 0) is 60.2 Å². The summed E-state index contributed by atoms with van der Waals surface area (Å²) in [6.07, 6.45) is 3.23. The number of amides is 3. The predicted octanol–water partition coefficient (Wildman–Crippen LogP) is 4.17. The molecule has 6 nitrogen and oxygen atoms in total. The molecule has 0 bridgehead atoms. The fourth-order valence-electron chi connectivity index (χ4n) is 2.62. The largest absolute Gasteiger partial charge is 0.366 e. The molecule has 0 aromatic heterocycles. The number of carbonyl (C=O) groups excluding carboxylic acids is 3. The molecule has 3 rings (SSSR count). The Balaban J connectivity index is 1.45. The normalized spacial score (nSPS) is 10.6. The summed E-state index contributed by atoms with van der Waals surface area (Å²) in [7, 11) is 0. The van der Waals surface area contributed by atoms with Gasteiger partial charge in [-0.2, -0.15) is 0 Å². The molecule has 0 saturated carbocycles. The molecule has 0 fully saturated rings. The van der Waals surface area contributed by atoms with Gasteiger partial charge in [0.1, 0.15) is 0 Å². The number of thioether (sulfide) groups is 1. The maximum atomic E-state index is 12.1. The average Bonchev–Trinajstić information content (AvgIpc) is 2.78. The highest BCUT2D eigenvalue weighted by molar-refractivity contribution is 8.00. The molecule has 3 aromatic rings. The summed E-state index contributed by atoms with van der Waals surface area (Å²) >= 11 is 1.38. The summed E-state index contributed by atoms with van der Waals surface area (Å²) in [6, 6.07) is 23.2. The van der Waals surface area contributed by atoms with Gasteiger partial charge in [0.25, 0.3) is 0 Å². The summed E-state index contributed by atoms with van der Waals surface area (Å²) in [5, 5.41) is 5.57. The average molecular weight is 432 g/mol. The topological polar surface area (TPSA) is 101 Å². The maximum Gasteiger partial charge on any atom is 0.248 e. The Kier molecular flexibility index (Phi) is 7.61. The van der Waals surface area contributed by atoms with Crippen LogP contribution in [0.25, 0.3) is 6.08 Å². The van der Waals surface area contributed by atoms with Crippen LogP contribution in [-0.4, -0.2) is 23.5 Å². The van der Waals surface area contributed by atoms with Crippen molar-refractivity contribution in [2.24, 2.45) is 5.73 Å². The van der Waals surface area contributed by atoms with Gasteiger partial charge in [-0.3, -0.25) is 14.4 Å². The zero-order valence-electron chi connectivity index (χ0n) is 16.6. The van der Waals surface area contributed by atoms with Crippen molar-refractivity contribution in [1.82, 2.24) is 0 Å². The lowest BCUT2D eigenvalue weighted by atomic mass is 10.2. The van der Waals surface area contributed by atoms with Crippen LogP contribution in [0.15, 0.2) is 89.8 Å². The lowest BCUT2D eigenvalue weighted by Crippen LogP contribution is -2.15. The first kappa shape index (κ1) is 21.9. The minimum absolute atomic E-state index is 0.166. The number of benzene rings is 3. The van der Waals surface area contributed by atoms with Crippen LogP contribution in [0.4, 0.5) is 11.4 Å². The van der Waals surface area contributed by atoms with Gasteiger partial charge in [-0.1, -0.05) is 30.3 Å². The van der Waals surface area contributed by atoms with E-state index in [-0.39, 0.29) is 17.6 Å². The van der Waals surface area contributed by atoms with Gasteiger partial charge in [0, 0.05) is 27.9 Å². The van der Waals surface area contributed by atoms with E-state index in [1.54, 1.807) is 42.5 Å². The minimum atomic E-state index is -0.514. The summed E-state index contributed by atoms with van der Waals surface area (Å²) < 4.78 is 0. The monoisotopic (exact) mass is 431 g/mol. The number of nitrogens with two attached hydrogens (primary N) is 1. The van der Waals surface area contributed by atoms with E-state index in [0.717, 1.165) is 10.5 Å². The smallest absolute Gasteiger partial charge is 0.248 e. The molecular weight excluding hydrogens is 410 g/mol. The molecule has 0 heterocycles. The van der Waals surface area contributed by atoms with Crippen LogP contribution < -0.4 is 16.4 Å². The van der Waals surface area contributed by atoms with E-state index < -0.39 is 5.91 Å². The second kappa shape index (κ2) is 10.8. The molecule has 0 aliphatic carbocycles. The number of rotatable bonds is 8. The minimum Gasteiger partial charge on any atom is -0.366 e. The number of primary amides is 1.